The molecule has 0 atom stereocenters. The Kier molecular flexibility index (Phi) is 5.78. The van der Waals surface area contributed by atoms with Crippen molar-refractivity contribution in [2.24, 2.45) is 0 Å². The molecule has 0 saturated heterocycles. The minimum absolute atomic E-state index is 0.313. The van der Waals surface area contributed by atoms with Gasteiger partial charge >= 0.3 is 5.97 Å². The van der Waals surface area contributed by atoms with Crippen molar-refractivity contribution in [3.8, 4) is 16.9 Å². The Morgan fingerprint density at radius 3 is 2.73 bits per heavy atom. The Bertz CT molecular complexity index is 658. The molecule has 0 radical (unpaired) electrons. The number of carbonyl (C=O) groups excluding carboxylic acids is 1. The van der Waals surface area contributed by atoms with E-state index < -0.39 is 5.97 Å². The van der Waals surface area contributed by atoms with E-state index in [4.69, 9.17) is 21.1 Å². The molecule has 5 heteroatoms. The minimum atomic E-state index is -0.395. The number of methoxy groups -OCH3 is 1. The highest BCUT2D eigenvalue weighted by Crippen LogP contribution is 2.32. The Morgan fingerprint density at radius 1 is 1.27 bits per heavy atom. The summed E-state index contributed by atoms with van der Waals surface area (Å²) in [5, 5.41) is 0. The lowest BCUT2D eigenvalue weighted by Gasteiger charge is -2.13. The summed E-state index contributed by atoms with van der Waals surface area (Å²) in [6, 6.07) is 9.40. The molecule has 0 aliphatic rings. The molecule has 1 aromatic heterocycles. The summed E-state index contributed by atoms with van der Waals surface area (Å²) in [6.45, 7) is 2.09. The van der Waals surface area contributed by atoms with Crippen LogP contribution in [0, 0.1) is 0 Å². The van der Waals surface area contributed by atoms with Crippen LogP contribution in [-0.4, -0.2) is 30.5 Å². The van der Waals surface area contributed by atoms with Crippen LogP contribution >= 0.6 is 11.6 Å². The van der Waals surface area contributed by atoms with E-state index in [1.165, 1.54) is 0 Å². The third kappa shape index (κ3) is 3.57. The van der Waals surface area contributed by atoms with Crippen molar-refractivity contribution in [2.45, 2.75) is 13.3 Å². The van der Waals surface area contributed by atoms with E-state index in [9.17, 15) is 4.79 Å². The number of hydrogen-bond acceptors (Lipinski definition) is 4. The molecule has 0 aliphatic heterocycles. The number of carbonyl (C=O) groups is 1. The molecule has 2 rings (SSSR count). The third-order valence-corrected chi connectivity index (χ3v) is 3.39. The first kappa shape index (κ1) is 16.3. The highest BCUT2D eigenvalue weighted by molar-refractivity contribution is 6.18. The second-order valence-electron chi connectivity index (χ2n) is 4.58. The molecule has 0 amide bonds. The average Bonchev–Trinajstić information content (AvgIpc) is 2.55. The quantitative estimate of drug-likeness (QED) is 0.601. The molecule has 0 aliphatic carbocycles. The molecular weight excluding hydrogens is 302 g/mol. The number of benzene rings is 1. The molecular formula is C17H18ClNO3. The highest BCUT2D eigenvalue weighted by Gasteiger charge is 2.18. The molecule has 0 N–H and O–H groups in total. The fraction of sp³-hybridized carbons (Fsp3) is 0.294. The lowest BCUT2D eigenvalue weighted by atomic mass is 9.99. The molecule has 0 spiro atoms. The van der Waals surface area contributed by atoms with Crippen molar-refractivity contribution in [2.75, 3.05) is 19.6 Å². The summed E-state index contributed by atoms with van der Waals surface area (Å²) in [7, 11) is 1.60. The summed E-state index contributed by atoms with van der Waals surface area (Å²) in [5.74, 6) is 0.765. The van der Waals surface area contributed by atoms with Gasteiger partial charge in [-0.15, -0.1) is 11.6 Å². The molecule has 0 bridgehead atoms. The molecule has 116 valence electrons. The van der Waals surface area contributed by atoms with Crippen LogP contribution in [-0.2, 0) is 11.2 Å². The zero-order valence-electron chi connectivity index (χ0n) is 12.6. The van der Waals surface area contributed by atoms with Gasteiger partial charge < -0.3 is 9.47 Å². The summed E-state index contributed by atoms with van der Waals surface area (Å²) in [4.78, 5) is 16.5. The topological polar surface area (TPSA) is 48.4 Å². The maximum atomic E-state index is 12.2. The molecule has 0 unspecified atom stereocenters. The van der Waals surface area contributed by atoms with Crippen LogP contribution in [0.3, 0.4) is 0 Å². The van der Waals surface area contributed by atoms with Gasteiger partial charge in [-0.2, -0.15) is 0 Å². The van der Waals surface area contributed by atoms with E-state index in [1.807, 2.05) is 30.3 Å². The van der Waals surface area contributed by atoms with Gasteiger partial charge in [-0.1, -0.05) is 18.2 Å². The zero-order valence-corrected chi connectivity index (χ0v) is 13.4. The van der Waals surface area contributed by atoms with Gasteiger partial charge in [-0.05, 0) is 19.1 Å². The van der Waals surface area contributed by atoms with Gasteiger partial charge in [0, 0.05) is 35.3 Å². The van der Waals surface area contributed by atoms with Crippen molar-refractivity contribution >= 4 is 17.6 Å². The van der Waals surface area contributed by atoms with E-state index in [0.717, 1.165) is 16.8 Å². The third-order valence-electron chi connectivity index (χ3n) is 3.20. The standard InChI is InChI=1S/C17H18ClNO3/c1-3-22-17(20)15-11-19-12(8-9-18)10-14(15)13-6-4-5-7-16(13)21-2/h4-7,10-11H,3,8-9H2,1-2H3. The Balaban J connectivity index is 2.58. The molecule has 4 nitrogen and oxygen atoms in total. The van der Waals surface area contributed by atoms with E-state index in [2.05, 4.69) is 4.98 Å². The van der Waals surface area contributed by atoms with Crippen molar-refractivity contribution in [3.63, 3.8) is 0 Å². The molecule has 0 fully saturated rings. The SMILES string of the molecule is CCOC(=O)c1cnc(CCCl)cc1-c1ccccc1OC. The van der Waals surface area contributed by atoms with Gasteiger partial charge in [-0.25, -0.2) is 4.79 Å². The van der Waals surface area contributed by atoms with Gasteiger partial charge in [0.05, 0.1) is 19.3 Å². The fourth-order valence-corrected chi connectivity index (χ4v) is 2.39. The molecule has 0 saturated carbocycles. The van der Waals surface area contributed by atoms with Crippen molar-refractivity contribution in [1.29, 1.82) is 0 Å². The van der Waals surface area contributed by atoms with Crippen molar-refractivity contribution in [1.82, 2.24) is 4.98 Å². The predicted molar refractivity (Wildman–Crippen MR) is 86.6 cm³/mol. The van der Waals surface area contributed by atoms with Gasteiger partial charge in [0.2, 0.25) is 0 Å². The first-order valence-electron chi connectivity index (χ1n) is 7.06. The first-order chi connectivity index (χ1) is 10.7. The van der Waals surface area contributed by atoms with Crippen LogP contribution in [0.1, 0.15) is 23.0 Å². The van der Waals surface area contributed by atoms with E-state index >= 15 is 0 Å². The van der Waals surface area contributed by atoms with Crippen LogP contribution in [0.25, 0.3) is 11.1 Å². The van der Waals surface area contributed by atoms with Gasteiger partial charge in [0.15, 0.2) is 0 Å². The number of halogens is 1. The molecule has 1 aromatic carbocycles. The van der Waals surface area contributed by atoms with Gasteiger partial charge in [0.1, 0.15) is 5.75 Å². The Morgan fingerprint density at radius 2 is 2.05 bits per heavy atom. The summed E-state index contributed by atoms with van der Waals surface area (Å²) >= 11 is 5.79. The predicted octanol–water partition coefficient (Wildman–Crippen LogP) is 3.72. The smallest absolute Gasteiger partial charge is 0.340 e. The molecule has 22 heavy (non-hydrogen) atoms. The number of ether oxygens (including phenoxy) is 2. The van der Waals surface area contributed by atoms with Crippen molar-refractivity contribution in [3.05, 3.63) is 47.8 Å². The lowest BCUT2D eigenvalue weighted by molar-refractivity contribution is 0.0527. The highest BCUT2D eigenvalue weighted by atomic mass is 35.5. The van der Waals surface area contributed by atoms with Crippen LogP contribution in [0.15, 0.2) is 36.5 Å². The molecule has 2 aromatic rings. The zero-order chi connectivity index (χ0) is 15.9. The number of hydrogen-bond donors (Lipinski definition) is 0. The Hall–Kier alpha value is -2.07. The van der Waals surface area contributed by atoms with Crippen LogP contribution < -0.4 is 4.74 Å². The number of rotatable bonds is 6. The maximum Gasteiger partial charge on any atom is 0.340 e. The number of aromatic nitrogens is 1. The van der Waals surface area contributed by atoms with Gasteiger partial charge in [0.25, 0.3) is 0 Å². The minimum Gasteiger partial charge on any atom is -0.496 e. The molecule has 1 heterocycles. The number of alkyl halides is 1. The van der Waals surface area contributed by atoms with E-state index in [0.29, 0.717) is 30.2 Å². The van der Waals surface area contributed by atoms with Crippen LogP contribution in [0.5, 0.6) is 5.75 Å². The summed E-state index contributed by atoms with van der Waals surface area (Å²) in [6.07, 6.45) is 2.18. The van der Waals surface area contributed by atoms with Crippen molar-refractivity contribution < 1.29 is 14.3 Å². The number of pyridine rings is 1. The lowest BCUT2D eigenvalue weighted by Crippen LogP contribution is -2.08. The number of aryl methyl sites for hydroxylation is 1. The second kappa shape index (κ2) is 7.80. The largest absolute Gasteiger partial charge is 0.496 e. The van der Waals surface area contributed by atoms with E-state index in [1.54, 1.807) is 20.2 Å². The number of para-hydroxylation sites is 1. The monoisotopic (exact) mass is 319 g/mol. The maximum absolute atomic E-state index is 12.2. The summed E-state index contributed by atoms with van der Waals surface area (Å²) < 4.78 is 10.5. The normalized spacial score (nSPS) is 10.3. The number of esters is 1. The van der Waals surface area contributed by atoms with Crippen LogP contribution in [0.4, 0.5) is 0 Å². The van der Waals surface area contributed by atoms with Gasteiger partial charge in [-0.3, -0.25) is 4.98 Å². The first-order valence-corrected chi connectivity index (χ1v) is 7.60. The Labute approximate surface area is 135 Å². The summed E-state index contributed by atoms with van der Waals surface area (Å²) in [5.41, 5.74) is 2.81. The fourth-order valence-electron chi connectivity index (χ4n) is 2.19. The number of nitrogens with zero attached hydrogens (tertiary/aromatic N) is 1. The van der Waals surface area contributed by atoms with E-state index in [-0.39, 0.29) is 0 Å². The second-order valence-corrected chi connectivity index (χ2v) is 4.96. The average molecular weight is 320 g/mol. The van der Waals surface area contributed by atoms with Crippen LogP contribution in [0.2, 0.25) is 0 Å².